The lowest BCUT2D eigenvalue weighted by atomic mass is 10.1. The van der Waals surface area contributed by atoms with Gasteiger partial charge in [0.05, 0.1) is 22.3 Å². The minimum Gasteiger partial charge on any atom is -0.354 e. The fraction of sp³-hybridized carbons (Fsp3) is 0. The first-order chi connectivity index (χ1) is 12.8. The number of carbonyl (C=O) groups is 1. The van der Waals surface area contributed by atoms with E-state index in [4.69, 9.17) is 0 Å². The number of nitrogens with one attached hydrogen (secondary N) is 2. The summed E-state index contributed by atoms with van der Waals surface area (Å²) in [5.41, 5.74) is 4.11. The van der Waals surface area contributed by atoms with Crippen molar-refractivity contribution in [3.05, 3.63) is 84.6 Å². The number of amides is 1. The van der Waals surface area contributed by atoms with Crippen LogP contribution < -0.4 is 5.32 Å². The number of para-hydroxylation sites is 2. The summed E-state index contributed by atoms with van der Waals surface area (Å²) < 4.78 is 0. The second kappa shape index (κ2) is 5.70. The second-order valence-electron chi connectivity index (χ2n) is 6.23. The highest BCUT2D eigenvalue weighted by Gasteiger charge is 2.14. The molecule has 4 nitrogen and oxygen atoms in total. The van der Waals surface area contributed by atoms with E-state index in [0.717, 1.165) is 38.4 Å². The van der Waals surface area contributed by atoms with E-state index in [0.29, 0.717) is 5.56 Å². The Kier molecular flexibility index (Phi) is 3.22. The average molecular weight is 337 g/mol. The Bertz CT molecular complexity index is 1280. The first-order valence-electron chi connectivity index (χ1n) is 8.46. The van der Waals surface area contributed by atoms with Crippen molar-refractivity contribution in [1.29, 1.82) is 0 Å². The molecule has 0 spiro atoms. The van der Waals surface area contributed by atoms with Gasteiger partial charge >= 0.3 is 0 Å². The van der Waals surface area contributed by atoms with E-state index in [9.17, 15) is 4.79 Å². The predicted molar refractivity (Wildman–Crippen MR) is 106 cm³/mol. The second-order valence-corrected chi connectivity index (χ2v) is 6.23. The van der Waals surface area contributed by atoms with Gasteiger partial charge in [-0.1, -0.05) is 36.4 Å². The van der Waals surface area contributed by atoms with Gasteiger partial charge in [-0.3, -0.25) is 9.78 Å². The molecule has 0 aliphatic carbocycles. The maximum absolute atomic E-state index is 13.0. The molecule has 2 N–H and O–H groups in total. The monoisotopic (exact) mass is 337 g/mol. The lowest BCUT2D eigenvalue weighted by molar-refractivity contribution is 0.102. The van der Waals surface area contributed by atoms with E-state index >= 15 is 0 Å². The molecule has 2 heterocycles. The lowest BCUT2D eigenvalue weighted by Gasteiger charge is -2.09. The van der Waals surface area contributed by atoms with Crippen LogP contribution in [-0.2, 0) is 0 Å². The number of aromatic nitrogens is 2. The molecule has 4 heteroatoms. The maximum Gasteiger partial charge on any atom is 0.257 e. The quantitative estimate of drug-likeness (QED) is 0.469. The van der Waals surface area contributed by atoms with Gasteiger partial charge in [0.15, 0.2) is 0 Å². The molecular formula is C22H15N3O. The first kappa shape index (κ1) is 14.7. The van der Waals surface area contributed by atoms with Crippen LogP contribution in [0.3, 0.4) is 0 Å². The normalized spacial score (nSPS) is 11.2. The Morgan fingerprint density at radius 2 is 1.62 bits per heavy atom. The Labute approximate surface area is 149 Å². The Morgan fingerprint density at radius 1 is 0.808 bits per heavy atom. The van der Waals surface area contributed by atoms with Gasteiger partial charge < -0.3 is 10.3 Å². The molecule has 0 saturated heterocycles. The number of rotatable bonds is 2. The minimum atomic E-state index is -0.140. The highest BCUT2D eigenvalue weighted by molar-refractivity contribution is 6.18. The molecule has 2 aromatic heterocycles. The largest absolute Gasteiger partial charge is 0.354 e. The molecule has 5 aromatic rings. The van der Waals surface area contributed by atoms with Crippen molar-refractivity contribution in [3.8, 4) is 0 Å². The highest BCUT2D eigenvalue weighted by Crippen LogP contribution is 2.28. The zero-order valence-corrected chi connectivity index (χ0v) is 13.9. The molecule has 0 fully saturated rings. The van der Waals surface area contributed by atoms with Gasteiger partial charge in [0.2, 0.25) is 0 Å². The van der Waals surface area contributed by atoms with Crippen molar-refractivity contribution in [1.82, 2.24) is 9.97 Å². The number of nitrogens with zero attached hydrogens (tertiary/aromatic N) is 1. The van der Waals surface area contributed by atoms with Crippen LogP contribution in [0, 0.1) is 0 Å². The zero-order valence-electron chi connectivity index (χ0n) is 13.9. The summed E-state index contributed by atoms with van der Waals surface area (Å²) >= 11 is 0. The van der Waals surface area contributed by atoms with Crippen LogP contribution in [0.5, 0.6) is 0 Å². The molecule has 0 saturated carbocycles. The van der Waals surface area contributed by atoms with Crippen LogP contribution in [0.2, 0.25) is 0 Å². The summed E-state index contributed by atoms with van der Waals surface area (Å²) in [6.45, 7) is 0. The van der Waals surface area contributed by atoms with Gasteiger partial charge in [0.25, 0.3) is 5.91 Å². The average Bonchev–Trinajstić information content (AvgIpc) is 3.07. The van der Waals surface area contributed by atoms with E-state index in [2.05, 4.69) is 21.4 Å². The number of aromatic amines is 1. The van der Waals surface area contributed by atoms with E-state index in [-0.39, 0.29) is 5.91 Å². The summed E-state index contributed by atoms with van der Waals surface area (Å²) in [7, 11) is 0. The van der Waals surface area contributed by atoms with Gasteiger partial charge in [0, 0.05) is 27.9 Å². The number of fused-ring (bicyclic) bond motifs is 4. The fourth-order valence-electron chi connectivity index (χ4n) is 3.46. The SMILES string of the molecule is O=C(Nc1cccc2ncccc12)c1cccc2c1[nH]c1ccccc12. The van der Waals surface area contributed by atoms with Crippen molar-refractivity contribution in [2.45, 2.75) is 0 Å². The van der Waals surface area contributed by atoms with Crippen LogP contribution in [0.4, 0.5) is 5.69 Å². The summed E-state index contributed by atoms with van der Waals surface area (Å²) in [4.78, 5) is 20.7. The van der Waals surface area contributed by atoms with Gasteiger partial charge in [-0.05, 0) is 36.4 Å². The standard InChI is InChI=1S/C22H15N3O/c26-22(25-20-12-4-11-18-16(20)9-5-13-23-18)17-8-3-7-15-14-6-1-2-10-19(14)24-21(15)17/h1-13,24H,(H,25,26). The number of benzene rings is 3. The smallest absolute Gasteiger partial charge is 0.257 e. The van der Waals surface area contributed by atoms with Crippen LogP contribution in [0.25, 0.3) is 32.7 Å². The first-order valence-corrected chi connectivity index (χ1v) is 8.46. The molecule has 1 amide bonds. The number of hydrogen-bond donors (Lipinski definition) is 2. The third kappa shape index (κ3) is 2.24. The summed E-state index contributed by atoms with van der Waals surface area (Å²) in [5, 5.41) is 6.13. The molecule has 0 bridgehead atoms. The van der Waals surface area contributed by atoms with Gasteiger partial charge in [-0.15, -0.1) is 0 Å². The van der Waals surface area contributed by atoms with Crippen molar-refractivity contribution in [3.63, 3.8) is 0 Å². The van der Waals surface area contributed by atoms with Crippen LogP contribution in [-0.4, -0.2) is 15.9 Å². The summed E-state index contributed by atoms with van der Waals surface area (Å²) in [6.07, 6.45) is 1.75. The maximum atomic E-state index is 13.0. The number of H-pyrrole nitrogens is 1. The van der Waals surface area contributed by atoms with Crippen molar-refractivity contribution >= 4 is 44.3 Å². The molecule has 26 heavy (non-hydrogen) atoms. The number of carbonyl (C=O) groups excluding carboxylic acids is 1. The fourth-order valence-corrected chi connectivity index (χ4v) is 3.46. The Balaban J connectivity index is 1.62. The van der Waals surface area contributed by atoms with Crippen molar-refractivity contribution in [2.24, 2.45) is 0 Å². The third-order valence-corrected chi connectivity index (χ3v) is 4.68. The zero-order chi connectivity index (χ0) is 17.5. The number of anilines is 1. The van der Waals surface area contributed by atoms with E-state index in [1.165, 1.54) is 0 Å². The Hall–Kier alpha value is -3.66. The van der Waals surface area contributed by atoms with E-state index in [1.807, 2.05) is 66.7 Å². The van der Waals surface area contributed by atoms with Crippen LogP contribution >= 0.6 is 0 Å². The lowest BCUT2D eigenvalue weighted by Crippen LogP contribution is -2.12. The van der Waals surface area contributed by atoms with Gasteiger partial charge in [0.1, 0.15) is 0 Å². The van der Waals surface area contributed by atoms with Crippen LogP contribution in [0.1, 0.15) is 10.4 Å². The van der Waals surface area contributed by atoms with E-state index < -0.39 is 0 Å². The molecule has 124 valence electrons. The highest BCUT2D eigenvalue weighted by atomic mass is 16.1. The predicted octanol–water partition coefficient (Wildman–Crippen LogP) is 5.12. The number of hydrogen-bond acceptors (Lipinski definition) is 2. The third-order valence-electron chi connectivity index (χ3n) is 4.68. The molecule has 5 rings (SSSR count). The topological polar surface area (TPSA) is 57.8 Å². The van der Waals surface area contributed by atoms with Crippen LogP contribution in [0.15, 0.2) is 79.0 Å². The van der Waals surface area contributed by atoms with Gasteiger partial charge in [-0.2, -0.15) is 0 Å². The number of pyridine rings is 1. The molecule has 0 aliphatic heterocycles. The summed E-state index contributed by atoms with van der Waals surface area (Å²) in [6, 6.07) is 23.4. The molecule has 0 atom stereocenters. The van der Waals surface area contributed by atoms with Gasteiger partial charge in [-0.25, -0.2) is 0 Å². The Morgan fingerprint density at radius 3 is 2.58 bits per heavy atom. The van der Waals surface area contributed by atoms with Crippen molar-refractivity contribution in [2.75, 3.05) is 5.32 Å². The molecule has 3 aromatic carbocycles. The molecule has 0 aliphatic rings. The molecule has 0 unspecified atom stereocenters. The summed E-state index contributed by atoms with van der Waals surface area (Å²) in [5.74, 6) is -0.140. The van der Waals surface area contributed by atoms with Crippen molar-refractivity contribution < 1.29 is 4.79 Å². The molecule has 0 radical (unpaired) electrons. The minimum absolute atomic E-state index is 0.140. The van der Waals surface area contributed by atoms with E-state index in [1.54, 1.807) is 6.20 Å². The molecular weight excluding hydrogens is 322 g/mol.